The molecule has 2 rings (SSSR count). The number of aliphatic hydroxyl groups is 1. The standard InChI is InChI=1S/C14H19O/c1-2-14(15)10-8-13(9-11-14)12-6-4-3-5-7-12/h2-7,13,15H,8-11H2,1H3. The molecule has 0 bridgehead atoms. The normalized spacial score (nSPS) is 31.5. The number of rotatable bonds is 2. The van der Waals surface area contributed by atoms with Gasteiger partial charge in [-0.15, -0.1) is 0 Å². The van der Waals surface area contributed by atoms with E-state index < -0.39 is 5.60 Å². The van der Waals surface area contributed by atoms with Gasteiger partial charge in [0, 0.05) is 0 Å². The van der Waals surface area contributed by atoms with E-state index in [4.69, 9.17) is 0 Å². The summed E-state index contributed by atoms with van der Waals surface area (Å²) < 4.78 is 0. The average molecular weight is 203 g/mol. The van der Waals surface area contributed by atoms with Crippen molar-refractivity contribution in [2.75, 3.05) is 0 Å². The summed E-state index contributed by atoms with van der Waals surface area (Å²) >= 11 is 0. The molecule has 1 radical (unpaired) electrons. The van der Waals surface area contributed by atoms with Crippen LogP contribution in [0.4, 0.5) is 0 Å². The highest BCUT2D eigenvalue weighted by Crippen LogP contribution is 2.38. The Morgan fingerprint density at radius 3 is 2.33 bits per heavy atom. The van der Waals surface area contributed by atoms with Gasteiger partial charge < -0.3 is 5.11 Å². The Bertz CT molecular complexity index is 296. The fourth-order valence-electron chi connectivity index (χ4n) is 2.46. The quantitative estimate of drug-likeness (QED) is 0.782. The van der Waals surface area contributed by atoms with Crippen LogP contribution >= 0.6 is 0 Å². The molecule has 1 aromatic carbocycles. The minimum absolute atomic E-state index is 0.495. The van der Waals surface area contributed by atoms with Gasteiger partial charge in [-0.1, -0.05) is 37.3 Å². The fourth-order valence-corrected chi connectivity index (χ4v) is 2.46. The molecule has 1 saturated carbocycles. The van der Waals surface area contributed by atoms with E-state index in [1.165, 1.54) is 5.56 Å². The van der Waals surface area contributed by atoms with Crippen molar-refractivity contribution in [2.24, 2.45) is 0 Å². The second kappa shape index (κ2) is 4.36. The zero-order chi connectivity index (χ0) is 10.7. The monoisotopic (exact) mass is 203 g/mol. The van der Waals surface area contributed by atoms with Gasteiger partial charge in [-0.05, 0) is 43.6 Å². The van der Waals surface area contributed by atoms with Crippen molar-refractivity contribution in [1.82, 2.24) is 0 Å². The van der Waals surface area contributed by atoms with E-state index in [0.29, 0.717) is 5.92 Å². The first kappa shape index (κ1) is 10.7. The zero-order valence-electron chi connectivity index (χ0n) is 9.32. The summed E-state index contributed by atoms with van der Waals surface area (Å²) in [5, 5.41) is 10.1. The van der Waals surface area contributed by atoms with Crippen molar-refractivity contribution >= 4 is 0 Å². The Labute approximate surface area is 92.1 Å². The van der Waals surface area contributed by atoms with Crippen LogP contribution < -0.4 is 0 Å². The second-order valence-electron chi connectivity index (χ2n) is 4.58. The molecule has 0 heterocycles. The van der Waals surface area contributed by atoms with Crippen LogP contribution in [0.3, 0.4) is 0 Å². The fraction of sp³-hybridized carbons (Fsp3) is 0.500. The van der Waals surface area contributed by atoms with Crippen LogP contribution in [0.25, 0.3) is 0 Å². The smallest absolute Gasteiger partial charge is 0.0677 e. The third kappa shape index (κ3) is 2.40. The average Bonchev–Trinajstić information content (AvgIpc) is 2.31. The third-order valence-corrected chi connectivity index (χ3v) is 3.66. The maximum Gasteiger partial charge on any atom is 0.0677 e. The van der Waals surface area contributed by atoms with E-state index >= 15 is 0 Å². The van der Waals surface area contributed by atoms with Crippen LogP contribution in [-0.2, 0) is 0 Å². The maximum atomic E-state index is 10.1. The predicted octanol–water partition coefficient (Wildman–Crippen LogP) is 3.30. The first-order valence-electron chi connectivity index (χ1n) is 5.81. The summed E-state index contributed by atoms with van der Waals surface area (Å²) in [6.45, 7) is 1.96. The van der Waals surface area contributed by atoms with E-state index in [2.05, 4.69) is 30.3 Å². The van der Waals surface area contributed by atoms with E-state index in [9.17, 15) is 5.11 Å². The molecule has 15 heavy (non-hydrogen) atoms. The lowest BCUT2D eigenvalue weighted by atomic mass is 9.75. The lowest BCUT2D eigenvalue weighted by Gasteiger charge is -2.35. The first-order valence-corrected chi connectivity index (χ1v) is 5.81. The third-order valence-electron chi connectivity index (χ3n) is 3.66. The Balaban J connectivity index is 2.00. The van der Waals surface area contributed by atoms with Crippen molar-refractivity contribution < 1.29 is 5.11 Å². The summed E-state index contributed by atoms with van der Waals surface area (Å²) in [5.74, 6) is 0.645. The molecule has 0 saturated heterocycles. The topological polar surface area (TPSA) is 20.2 Å². The summed E-state index contributed by atoms with van der Waals surface area (Å²) in [6.07, 6.45) is 5.97. The molecular weight excluding hydrogens is 184 g/mol. The van der Waals surface area contributed by atoms with E-state index in [1.807, 2.05) is 13.3 Å². The molecule has 1 N–H and O–H groups in total. The highest BCUT2D eigenvalue weighted by molar-refractivity contribution is 5.20. The minimum Gasteiger partial charge on any atom is -0.390 e. The van der Waals surface area contributed by atoms with E-state index in [-0.39, 0.29) is 0 Å². The van der Waals surface area contributed by atoms with Crippen LogP contribution in [0.15, 0.2) is 30.3 Å². The molecule has 1 aromatic rings. The lowest BCUT2D eigenvalue weighted by Crippen LogP contribution is -2.33. The van der Waals surface area contributed by atoms with Crippen LogP contribution in [-0.4, -0.2) is 10.7 Å². The van der Waals surface area contributed by atoms with Crippen molar-refractivity contribution in [3.63, 3.8) is 0 Å². The Kier molecular flexibility index (Phi) is 3.11. The summed E-state index contributed by atoms with van der Waals surface area (Å²) in [4.78, 5) is 0. The Hall–Kier alpha value is -0.820. The Morgan fingerprint density at radius 1 is 1.20 bits per heavy atom. The lowest BCUT2D eigenvalue weighted by molar-refractivity contribution is 0.0303. The highest BCUT2D eigenvalue weighted by atomic mass is 16.3. The molecular formula is C14H19O. The van der Waals surface area contributed by atoms with Crippen LogP contribution in [0.1, 0.15) is 44.1 Å². The molecule has 1 aliphatic carbocycles. The molecule has 1 nitrogen and oxygen atoms in total. The molecule has 1 heteroatoms. The Morgan fingerprint density at radius 2 is 1.80 bits per heavy atom. The maximum absolute atomic E-state index is 10.1. The molecule has 0 unspecified atom stereocenters. The van der Waals surface area contributed by atoms with Gasteiger partial charge >= 0.3 is 0 Å². The van der Waals surface area contributed by atoms with Gasteiger partial charge in [0.05, 0.1) is 5.60 Å². The van der Waals surface area contributed by atoms with Gasteiger partial charge in [-0.3, -0.25) is 0 Å². The molecule has 0 aliphatic heterocycles. The number of hydrogen-bond acceptors (Lipinski definition) is 1. The summed E-state index contributed by atoms with van der Waals surface area (Å²) in [5.41, 5.74) is 0.932. The highest BCUT2D eigenvalue weighted by Gasteiger charge is 2.31. The molecule has 0 atom stereocenters. The van der Waals surface area contributed by atoms with Crippen molar-refractivity contribution in [3.8, 4) is 0 Å². The largest absolute Gasteiger partial charge is 0.390 e. The van der Waals surface area contributed by atoms with Gasteiger partial charge in [-0.2, -0.15) is 0 Å². The van der Waals surface area contributed by atoms with Crippen LogP contribution in [0.2, 0.25) is 0 Å². The molecule has 0 spiro atoms. The molecule has 1 aliphatic rings. The zero-order valence-corrected chi connectivity index (χ0v) is 9.32. The van der Waals surface area contributed by atoms with Gasteiger partial charge in [0.15, 0.2) is 0 Å². The second-order valence-corrected chi connectivity index (χ2v) is 4.58. The molecule has 1 fully saturated rings. The summed E-state index contributed by atoms with van der Waals surface area (Å²) in [7, 11) is 0. The van der Waals surface area contributed by atoms with Gasteiger partial charge in [-0.25, -0.2) is 0 Å². The van der Waals surface area contributed by atoms with Crippen LogP contribution in [0, 0.1) is 6.42 Å². The van der Waals surface area contributed by atoms with Crippen molar-refractivity contribution in [3.05, 3.63) is 42.3 Å². The SMILES string of the molecule is C[CH]C1(O)CCC(c2ccccc2)CC1. The molecule has 81 valence electrons. The minimum atomic E-state index is -0.495. The number of hydrogen-bond donors (Lipinski definition) is 1. The number of benzene rings is 1. The first-order chi connectivity index (χ1) is 7.23. The van der Waals surface area contributed by atoms with E-state index in [0.717, 1.165) is 25.7 Å². The van der Waals surface area contributed by atoms with Gasteiger partial charge in [0.1, 0.15) is 0 Å². The van der Waals surface area contributed by atoms with Crippen molar-refractivity contribution in [2.45, 2.75) is 44.1 Å². The molecule has 0 aromatic heterocycles. The molecule has 0 amide bonds. The predicted molar refractivity (Wildman–Crippen MR) is 62.6 cm³/mol. The summed E-state index contributed by atoms with van der Waals surface area (Å²) in [6, 6.07) is 10.7. The van der Waals surface area contributed by atoms with Crippen molar-refractivity contribution in [1.29, 1.82) is 0 Å². The van der Waals surface area contributed by atoms with Gasteiger partial charge in [0.2, 0.25) is 0 Å². The van der Waals surface area contributed by atoms with Crippen LogP contribution in [0.5, 0.6) is 0 Å². The van der Waals surface area contributed by atoms with E-state index in [1.54, 1.807) is 0 Å². The van der Waals surface area contributed by atoms with Gasteiger partial charge in [0.25, 0.3) is 0 Å².